The van der Waals surface area contributed by atoms with Crippen LogP contribution in [0.5, 0.6) is 0 Å². The molecule has 0 spiro atoms. The number of piperazine rings is 1. The Labute approximate surface area is 158 Å². The first-order chi connectivity index (χ1) is 13.2. The molecule has 1 N–H and O–H groups in total. The quantitative estimate of drug-likeness (QED) is 0.631. The van der Waals surface area contributed by atoms with Crippen LogP contribution in [0.15, 0.2) is 48.5 Å². The van der Waals surface area contributed by atoms with Crippen LogP contribution in [0.3, 0.4) is 0 Å². The molecule has 0 saturated carbocycles. The minimum atomic E-state index is -4.48. The first kappa shape index (κ1) is 19.5. The van der Waals surface area contributed by atoms with E-state index in [2.05, 4.69) is 5.32 Å². The summed E-state index contributed by atoms with van der Waals surface area (Å²) < 4.78 is 38.3. The predicted molar refractivity (Wildman–Crippen MR) is 97.3 cm³/mol. The van der Waals surface area contributed by atoms with Gasteiger partial charge in [-0.15, -0.1) is 0 Å². The molecule has 1 aliphatic heterocycles. The van der Waals surface area contributed by atoms with Gasteiger partial charge in [0, 0.05) is 49.7 Å². The molecule has 3 rings (SSSR count). The lowest BCUT2D eigenvalue weighted by Crippen LogP contribution is -2.50. The third kappa shape index (κ3) is 4.51. The Bertz CT molecular complexity index is 863. The fourth-order valence-electron chi connectivity index (χ4n) is 2.93. The van der Waals surface area contributed by atoms with E-state index in [1.807, 2.05) is 4.90 Å². The Morgan fingerprint density at radius 2 is 1.68 bits per heavy atom. The average molecular weight is 394 g/mol. The van der Waals surface area contributed by atoms with Gasteiger partial charge >= 0.3 is 12.2 Å². The van der Waals surface area contributed by atoms with Crippen LogP contribution in [0.1, 0.15) is 5.56 Å². The average Bonchev–Trinajstić information content (AvgIpc) is 2.68. The van der Waals surface area contributed by atoms with Crippen molar-refractivity contribution in [2.24, 2.45) is 0 Å². The van der Waals surface area contributed by atoms with Crippen LogP contribution in [0, 0.1) is 10.1 Å². The van der Waals surface area contributed by atoms with Gasteiger partial charge in [0.2, 0.25) is 0 Å². The number of nitrogens with zero attached hydrogens (tertiary/aromatic N) is 3. The molecular formula is C18H17F3N4O3. The fraction of sp³-hybridized carbons (Fsp3) is 0.278. The van der Waals surface area contributed by atoms with Crippen molar-refractivity contribution in [2.45, 2.75) is 6.18 Å². The van der Waals surface area contributed by atoms with E-state index in [-0.39, 0.29) is 11.4 Å². The highest BCUT2D eigenvalue weighted by Crippen LogP contribution is 2.30. The van der Waals surface area contributed by atoms with Crippen LogP contribution in [0.25, 0.3) is 0 Å². The van der Waals surface area contributed by atoms with E-state index in [0.717, 1.165) is 17.8 Å². The fourth-order valence-corrected chi connectivity index (χ4v) is 2.93. The number of hydrogen-bond acceptors (Lipinski definition) is 4. The van der Waals surface area contributed by atoms with Crippen molar-refractivity contribution >= 4 is 23.1 Å². The standard InChI is InChI=1S/C18H17F3N4O3/c19-18(20,21)13-2-1-3-14(12-13)22-17(26)24-10-8-23(9-11-24)15-4-6-16(7-5-15)25(27)28/h1-7,12H,8-11H2,(H,22,26). The van der Waals surface area contributed by atoms with E-state index in [1.165, 1.54) is 29.2 Å². The molecule has 1 aliphatic rings. The molecule has 2 aromatic carbocycles. The topological polar surface area (TPSA) is 78.7 Å². The van der Waals surface area contributed by atoms with Crippen LogP contribution < -0.4 is 10.2 Å². The Balaban J connectivity index is 1.57. The SMILES string of the molecule is O=C(Nc1cccc(C(F)(F)F)c1)N1CCN(c2ccc([N+](=O)[O-])cc2)CC1. The van der Waals surface area contributed by atoms with E-state index in [9.17, 15) is 28.1 Å². The number of non-ortho nitro benzene ring substituents is 1. The molecule has 148 valence electrons. The lowest BCUT2D eigenvalue weighted by molar-refractivity contribution is -0.384. The number of nitro groups is 1. The molecule has 0 bridgehead atoms. The van der Waals surface area contributed by atoms with E-state index < -0.39 is 22.7 Å². The van der Waals surface area contributed by atoms with Crippen molar-refractivity contribution in [1.82, 2.24) is 4.90 Å². The number of carbonyl (C=O) groups excluding carboxylic acids is 1. The molecule has 28 heavy (non-hydrogen) atoms. The maximum atomic E-state index is 12.8. The van der Waals surface area contributed by atoms with Crippen LogP contribution in [0.2, 0.25) is 0 Å². The van der Waals surface area contributed by atoms with Gasteiger partial charge in [-0.2, -0.15) is 13.2 Å². The molecule has 1 heterocycles. The number of benzene rings is 2. The highest BCUT2D eigenvalue weighted by atomic mass is 19.4. The second-order valence-electron chi connectivity index (χ2n) is 6.26. The number of carbonyl (C=O) groups is 1. The third-order valence-corrected chi connectivity index (χ3v) is 4.43. The van der Waals surface area contributed by atoms with Gasteiger partial charge in [0.05, 0.1) is 10.5 Å². The molecule has 2 aromatic rings. The molecular weight excluding hydrogens is 377 g/mol. The van der Waals surface area contributed by atoms with Gasteiger partial charge in [0.1, 0.15) is 0 Å². The Hall–Kier alpha value is -3.30. The first-order valence-electron chi connectivity index (χ1n) is 8.46. The van der Waals surface area contributed by atoms with E-state index >= 15 is 0 Å². The van der Waals surface area contributed by atoms with Crippen molar-refractivity contribution in [2.75, 3.05) is 36.4 Å². The highest BCUT2D eigenvalue weighted by molar-refractivity contribution is 5.89. The summed E-state index contributed by atoms with van der Waals surface area (Å²) in [5, 5.41) is 13.2. The summed E-state index contributed by atoms with van der Waals surface area (Å²) in [6.45, 7) is 1.77. The van der Waals surface area contributed by atoms with Crippen molar-refractivity contribution in [3.63, 3.8) is 0 Å². The van der Waals surface area contributed by atoms with E-state index in [4.69, 9.17) is 0 Å². The van der Waals surface area contributed by atoms with Gasteiger partial charge in [-0.25, -0.2) is 4.79 Å². The van der Waals surface area contributed by atoms with Crippen LogP contribution in [-0.2, 0) is 6.18 Å². The van der Waals surface area contributed by atoms with E-state index in [0.29, 0.717) is 26.2 Å². The lowest BCUT2D eigenvalue weighted by atomic mass is 10.2. The molecule has 7 nitrogen and oxygen atoms in total. The van der Waals surface area contributed by atoms with Gasteiger partial charge in [-0.3, -0.25) is 10.1 Å². The second-order valence-corrected chi connectivity index (χ2v) is 6.26. The molecule has 1 saturated heterocycles. The summed E-state index contributed by atoms with van der Waals surface area (Å²) in [5.74, 6) is 0. The predicted octanol–water partition coefficient (Wildman–Crippen LogP) is 3.97. The summed E-state index contributed by atoms with van der Waals surface area (Å²) >= 11 is 0. The van der Waals surface area contributed by atoms with Gasteiger partial charge < -0.3 is 15.1 Å². The molecule has 2 amide bonds. The van der Waals surface area contributed by atoms with Gasteiger partial charge in [-0.05, 0) is 30.3 Å². The van der Waals surface area contributed by atoms with Crippen molar-refractivity contribution in [3.8, 4) is 0 Å². The van der Waals surface area contributed by atoms with Gasteiger partial charge in [0.25, 0.3) is 5.69 Å². The van der Waals surface area contributed by atoms with Crippen LogP contribution in [0.4, 0.5) is 35.0 Å². The molecule has 0 radical (unpaired) electrons. The molecule has 0 unspecified atom stereocenters. The van der Waals surface area contributed by atoms with E-state index in [1.54, 1.807) is 12.1 Å². The maximum absolute atomic E-state index is 12.8. The zero-order chi connectivity index (χ0) is 20.3. The minimum absolute atomic E-state index is 0.00264. The number of anilines is 2. The number of urea groups is 1. The number of nitrogens with one attached hydrogen (secondary N) is 1. The smallest absolute Gasteiger partial charge is 0.368 e. The number of alkyl halides is 3. The molecule has 10 heteroatoms. The zero-order valence-electron chi connectivity index (χ0n) is 14.6. The Kier molecular flexibility index (Phi) is 5.39. The summed E-state index contributed by atoms with van der Waals surface area (Å²) in [4.78, 5) is 26.1. The summed E-state index contributed by atoms with van der Waals surface area (Å²) in [6.07, 6.45) is -4.48. The summed E-state index contributed by atoms with van der Waals surface area (Å²) in [6, 6.07) is 10.1. The number of nitro benzene ring substituents is 1. The zero-order valence-corrected chi connectivity index (χ0v) is 14.6. The molecule has 1 fully saturated rings. The lowest BCUT2D eigenvalue weighted by Gasteiger charge is -2.36. The second kappa shape index (κ2) is 7.75. The number of hydrogen-bond donors (Lipinski definition) is 1. The van der Waals surface area contributed by atoms with Gasteiger partial charge in [0.15, 0.2) is 0 Å². The summed E-state index contributed by atoms with van der Waals surface area (Å²) in [7, 11) is 0. The highest BCUT2D eigenvalue weighted by Gasteiger charge is 2.30. The number of rotatable bonds is 3. The molecule has 0 aromatic heterocycles. The minimum Gasteiger partial charge on any atom is -0.368 e. The summed E-state index contributed by atoms with van der Waals surface area (Å²) in [5.41, 5.74) is 0.0669. The normalized spacial score (nSPS) is 14.7. The van der Waals surface area contributed by atoms with Crippen molar-refractivity contribution in [3.05, 3.63) is 64.2 Å². The van der Waals surface area contributed by atoms with Gasteiger partial charge in [-0.1, -0.05) is 6.07 Å². The Morgan fingerprint density at radius 3 is 2.25 bits per heavy atom. The molecule has 0 aliphatic carbocycles. The van der Waals surface area contributed by atoms with Crippen LogP contribution >= 0.6 is 0 Å². The van der Waals surface area contributed by atoms with Crippen molar-refractivity contribution in [1.29, 1.82) is 0 Å². The molecule has 0 atom stereocenters. The third-order valence-electron chi connectivity index (χ3n) is 4.43. The van der Waals surface area contributed by atoms with Crippen LogP contribution in [-0.4, -0.2) is 42.0 Å². The van der Waals surface area contributed by atoms with Crippen molar-refractivity contribution < 1.29 is 22.9 Å². The number of amides is 2. The first-order valence-corrected chi connectivity index (χ1v) is 8.46. The number of halogens is 3. The Morgan fingerprint density at radius 1 is 1.04 bits per heavy atom. The monoisotopic (exact) mass is 394 g/mol. The largest absolute Gasteiger partial charge is 0.416 e. The maximum Gasteiger partial charge on any atom is 0.416 e.